The Morgan fingerprint density at radius 2 is 2.06 bits per heavy atom. The second-order valence-electron chi connectivity index (χ2n) is 3.35. The van der Waals surface area contributed by atoms with E-state index in [-0.39, 0.29) is 5.15 Å². The molecule has 0 spiro atoms. The van der Waals surface area contributed by atoms with Gasteiger partial charge in [-0.1, -0.05) is 11.6 Å². The van der Waals surface area contributed by atoms with E-state index in [1.807, 2.05) is 19.9 Å². The summed E-state index contributed by atoms with van der Waals surface area (Å²) in [7, 11) is 0. The molecule has 0 aliphatic carbocycles. The summed E-state index contributed by atoms with van der Waals surface area (Å²) >= 11 is 9.11. The SMILES string of the molecule is Cc1cc(C)n(-c2nc(N)c(Br)c(Cl)n2)n1. The number of hydrogen-bond donors (Lipinski definition) is 1. The molecule has 5 nitrogen and oxygen atoms in total. The van der Waals surface area contributed by atoms with Crippen molar-refractivity contribution in [1.82, 2.24) is 19.7 Å². The van der Waals surface area contributed by atoms with E-state index in [1.54, 1.807) is 4.68 Å². The van der Waals surface area contributed by atoms with Crippen LogP contribution in [0.3, 0.4) is 0 Å². The summed E-state index contributed by atoms with van der Waals surface area (Å²) in [5.41, 5.74) is 7.51. The molecule has 2 aromatic rings. The highest BCUT2D eigenvalue weighted by Crippen LogP contribution is 2.26. The number of nitrogens with zero attached hydrogens (tertiary/aromatic N) is 4. The molecule has 0 bridgehead atoms. The molecule has 7 heteroatoms. The van der Waals surface area contributed by atoms with Gasteiger partial charge in [0, 0.05) is 5.69 Å². The van der Waals surface area contributed by atoms with Crippen LogP contribution >= 0.6 is 27.5 Å². The van der Waals surface area contributed by atoms with Crippen molar-refractivity contribution >= 4 is 33.3 Å². The van der Waals surface area contributed by atoms with Crippen LogP contribution in [0.4, 0.5) is 5.82 Å². The maximum atomic E-state index is 5.91. The summed E-state index contributed by atoms with van der Waals surface area (Å²) in [6, 6.07) is 1.93. The maximum absolute atomic E-state index is 5.91. The first-order chi connectivity index (χ1) is 7.49. The fourth-order valence-corrected chi connectivity index (χ4v) is 1.70. The zero-order valence-corrected chi connectivity index (χ0v) is 11.0. The molecule has 2 aromatic heterocycles. The Hall–Kier alpha value is -1.14. The number of hydrogen-bond acceptors (Lipinski definition) is 4. The van der Waals surface area contributed by atoms with Gasteiger partial charge in [-0.25, -0.2) is 4.68 Å². The normalized spacial score (nSPS) is 10.8. The van der Waals surface area contributed by atoms with E-state index in [2.05, 4.69) is 31.0 Å². The number of anilines is 1. The summed E-state index contributed by atoms with van der Waals surface area (Å²) in [6.45, 7) is 3.81. The minimum Gasteiger partial charge on any atom is -0.383 e. The lowest BCUT2D eigenvalue weighted by atomic mass is 10.4. The van der Waals surface area contributed by atoms with Crippen molar-refractivity contribution < 1.29 is 0 Å². The van der Waals surface area contributed by atoms with Gasteiger partial charge in [-0.3, -0.25) is 0 Å². The van der Waals surface area contributed by atoms with Crippen LogP contribution in [0.5, 0.6) is 0 Å². The molecular formula is C9H9BrClN5. The molecule has 2 N–H and O–H groups in total. The van der Waals surface area contributed by atoms with Gasteiger partial charge in [0.1, 0.15) is 5.82 Å². The summed E-state index contributed by atoms with van der Waals surface area (Å²) in [5, 5.41) is 4.53. The highest BCUT2D eigenvalue weighted by molar-refractivity contribution is 9.10. The zero-order valence-electron chi connectivity index (χ0n) is 8.70. The largest absolute Gasteiger partial charge is 0.383 e. The monoisotopic (exact) mass is 301 g/mol. The third kappa shape index (κ3) is 1.90. The van der Waals surface area contributed by atoms with Crippen molar-refractivity contribution in [1.29, 1.82) is 0 Å². The number of halogens is 2. The fraction of sp³-hybridized carbons (Fsp3) is 0.222. The Morgan fingerprint density at radius 1 is 1.38 bits per heavy atom. The van der Waals surface area contributed by atoms with Crippen molar-refractivity contribution in [3.63, 3.8) is 0 Å². The second-order valence-corrected chi connectivity index (χ2v) is 4.50. The van der Waals surface area contributed by atoms with Gasteiger partial charge in [-0.15, -0.1) is 0 Å². The molecule has 0 atom stereocenters. The Kier molecular flexibility index (Phi) is 2.86. The second kappa shape index (κ2) is 4.03. The van der Waals surface area contributed by atoms with Gasteiger partial charge in [-0.2, -0.15) is 15.1 Å². The van der Waals surface area contributed by atoms with Crippen LogP contribution in [0.1, 0.15) is 11.4 Å². The van der Waals surface area contributed by atoms with Crippen molar-refractivity contribution in [3.05, 3.63) is 27.1 Å². The molecule has 0 fully saturated rings. The van der Waals surface area contributed by atoms with Crippen molar-refractivity contribution in [3.8, 4) is 5.95 Å². The van der Waals surface area contributed by atoms with E-state index < -0.39 is 0 Å². The first kappa shape index (κ1) is 11.3. The molecule has 0 unspecified atom stereocenters. The zero-order chi connectivity index (χ0) is 11.9. The average molecular weight is 303 g/mol. The molecule has 84 valence electrons. The maximum Gasteiger partial charge on any atom is 0.254 e. The Morgan fingerprint density at radius 3 is 2.56 bits per heavy atom. The quantitative estimate of drug-likeness (QED) is 0.821. The predicted molar refractivity (Wildman–Crippen MR) is 65.8 cm³/mol. The van der Waals surface area contributed by atoms with Crippen molar-refractivity contribution in [2.24, 2.45) is 0 Å². The van der Waals surface area contributed by atoms with E-state index >= 15 is 0 Å². The van der Waals surface area contributed by atoms with Crippen LogP contribution in [-0.2, 0) is 0 Å². The fourth-order valence-electron chi connectivity index (χ4n) is 1.35. The predicted octanol–water partition coefficient (Wildman–Crippen LogP) is 2.28. The van der Waals surface area contributed by atoms with Crippen LogP contribution in [-0.4, -0.2) is 19.7 Å². The van der Waals surface area contributed by atoms with Crippen LogP contribution in [0.15, 0.2) is 10.5 Å². The summed E-state index contributed by atoms with van der Waals surface area (Å²) < 4.78 is 2.10. The number of nitrogen functional groups attached to an aromatic ring is 1. The summed E-state index contributed by atoms with van der Waals surface area (Å²) in [4.78, 5) is 8.22. The first-order valence-electron chi connectivity index (χ1n) is 4.51. The van der Waals surface area contributed by atoms with Crippen LogP contribution in [0.25, 0.3) is 5.95 Å². The van der Waals surface area contributed by atoms with Crippen LogP contribution in [0, 0.1) is 13.8 Å². The molecule has 16 heavy (non-hydrogen) atoms. The Bertz CT molecular complexity index is 528. The number of aromatic nitrogens is 4. The lowest BCUT2D eigenvalue weighted by Gasteiger charge is -2.05. The van der Waals surface area contributed by atoms with Gasteiger partial charge in [-0.05, 0) is 35.8 Å². The third-order valence-corrected chi connectivity index (χ3v) is 3.31. The first-order valence-corrected chi connectivity index (χ1v) is 5.68. The Labute approximate surface area is 106 Å². The Balaban J connectivity index is 2.61. The molecular weight excluding hydrogens is 293 g/mol. The highest BCUT2D eigenvalue weighted by atomic mass is 79.9. The summed E-state index contributed by atoms with van der Waals surface area (Å²) in [5.74, 6) is 0.666. The van der Waals surface area contributed by atoms with Gasteiger partial charge in [0.2, 0.25) is 0 Å². The molecule has 2 rings (SSSR count). The molecule has 0 aliphatic heterocycles. The smallest absolute Gasteiger partial charge is 0.254 e. The van der Waals surface area contributed by atoms with Crippen LogP contribution in [0.2, 0.25) is 5.15 Å². The highest BCUT2D eigenvalue weighted by Gasteiger charge is 2.12. The van der Waals surface area contributed by atoms with Gasteiger partial charge < -0.3 is 5.73 Å². The molecule has 0 saturated heterocycles. The van der Waals surface area contributed by atoms with Gasteiger partial charge >= 0.3 is 0 Å². The average Bonchev–Trinajstić information content (AvgIpc) is 2.53. The van der Waals surface area contributed by atoms with E-state index in [0.717, 1.165) is 11.4 Å². The lowest BCUT2D eigenvalue weighted by Crippen LogP contribution is -2.07. The molecule has 0 aromatic carbocycles. The van der Waals surface area contributed by atoms with Crippen molar-refractivity contribution in [2.45, 2.75) is 13.8 Å². The lowest BCUT2D eigenvalue weighted by molar-refractivity contribution is 0.775. The van der Waals surface area contributed by atoms with Gasteiger partial charge in [0.15, 0.2) is 5.15 Å². The van der Waals surface area contributed by atoms with E-state index in [0.29, 0.717) is 16.2 Å². The minimum atomic E-state index is 0.273. The van der Waals surface area contributed by atoms with E-state index in [9.17, 15) is 0 Å². The minimum absolute atomic E-state index is 0.273. The van der Waals surface area contributed by atoms with E-state index in [4.69, 9.17) is 17.3 Å². The standard InChI is InChI=1S/C9H9BrClN5/c1-4-3-5(2)16(15-4)9-13-7(11)6(10)8(12)14-9/h3H,1-2H3,(H2,12,13,14). The molecule has 0 aliphatic rings. The van der Waals surface area contributed by atoms with Gasteiger partial charge in [0.25, 0.3) is 5.95 Å². The van der Waals surface area contributed by atoms with Gasteiger partial charge in [0.05, 0.1) is 10.2 Å². The molecule has 0 saturated carbocycles. The molecule has 0 radical (unpaired) electrons. The summed E-state index contributed by atoms with van der Waals surface area (Å²) in [6.07, 6.45) is 0. The molecule has 2 heterocycles. The topological polar surface area (TPSA) is 69.6 Å². The number of nitrogens with two attached hydrogens (primary N) is 1. The number of rotatable bonds is 1. The van der Waals surface area contributed by atoms with E-state index in [1.165, 1.54) is 0 Å². The molecule has 0 amide bonds. The number of aryl methyl sites for hydroxylation is 2. The third-order valence-electron chi connectivity index (χ3n) is 2.02. The van der Waals surface area contributed by atoms with Crippen LogP contribution < -0.4 is 5.73 Å². The van der Waals surface area contributed by atoms with Crippen molar-refractivity contribution in [2.75, 3.05) is 5.73 Å².